The van der Waals surface area contributed by atoms with Crippen LogP contribution in [0.2, 0.25) is 0 Å². The number of hydrogen-bond acceptors (Lipinski definition) is 1. The highest BCUT2D eigenvalue weighted by atomic mass is 19.1. The van der Waals surface area contributed by atoms with Crippen molar-refractivity contribution in [3.63, 3.8) is 0 Å². The van der Waals surface area contributed by atoms with E-state index in [0.29, 0.717) is 5.92 Å². The molecule has 0 aliphatic rings. The van der Waals surface area contributed by atoms with Crippen molar-refractivity contribution in [1.29, 1.82) is 0 Å². The molecular formula is C16H26FN. The molecule has 0 aliphatic carbocycles. The third kappa shape index (κ3) is 5.18. The van der Waals surface area contributed by atoms with E-state index >= 15 is 0 Å². The van der Waals surface area contributed by atoms with Gasteiger partial charge < -0.3 is 5.32 Å². The molecule has 0 aromatic heterocycles. The fourth-order valence-corrected chi connectivity index (χ4v) is 2.37. The van der Waals surface area contributed by atoms with Crippen molar-refractivity contribution in [2.45, 2.75) is 46.5 Å². The van der Waals surface area contributed by atoms with Crippen LogP contribution in [0.25, 0.3) is 0 Å². The van der Waals surface area contributed by atoms with Gasteiger partial charge in [-0.05, 0) is 68.5 Å². The van der Waals surface area contributed by atoms with Crippen LogP contribution in [0.3, 0.4) is 0 Å². The summed E-state index contributed by atoms with van der Waals surface area (Å²) in [4.78, 5) is 0. The number of nitrogens with one attached hydrogen (secondary N) is 1. The van der Waals surface area contributed by atoms with Gasteiger partial charge in [0.05, 0.1) is 0 Å². The molecule has 1 unspecified atom stereocenters. The van der Waals surface area contributed by atoms with E-state index in [4.69, 9.17) is 0 Å². The lowest BCUT2D eigenvalue weighted by Gasteiger charge is -2.18. The maximum Gasteiger partial charge on any atom is 0.123 e. The fourth-order valence-electron chi connectivity index (χ4n) is 2.37. The first-order valence-corrected chi connectivity index (χ1v) is 7.13. The van der Waals surface area contributed by atoms with E-state index in [0.717, 1.165) is 25.1 Å². The first-order chi connectivity index (χ1) is 8.67. The quantitative estimate of drug-likeness (QED) is 0.686. The van der Waals surface area contributed by atoms with Gasteiger partial charge in [0.15, 0.2) is 0 Å². The van der Waals surface area contributed by atoms with Crippen LogP contribution in [0.4, 0.5) is 4.39 Å². The van der Waals surface area contributed by atoms with E-state index in [1.165, 1.54) is 24.8 Å². The van der Waals surface area contributed by atoms with Gasteiger partial charge >= 0.3 is 0 Å². The third-order valence-electron chi connectivity index (χ3n) is 3.37. The molecule has 1 atom stereocenters. The number of halogens is 1. The summed E-state index contributed by atoms with van der Waals surface area (Å²) in [6.45, 7) is 8.57. The lowest BCUT2D eigenvalue weighted by Crippen LogP contribution is -2.25. The highest BCUT2D eigenvalue weighted by molar-refractivity contribution is 5.26. The number of hydrogen-bond donors (Lipinski definition) is 1. The van der Waals surface area contributed by atoms with E-state index in [1.807, 2.05) is 13.0 Å². The van der Waals surface area contributed by atoms with Crippen molar-refractivity contribution in [2.24, 2.45) is 5.92 Å². The Morgan fingerprint density at radius 3 is 2.61 bits per heavy atom. The zero-order valence-electron chi connectivity index (χ0n) is 11.9. The average Bonchev–Trinajstić information content (AvgIpc) is 2.33. The molecule has 1 N–H and O–H groups in total. The summed E-state index contributed by atoms with van der Waals surface area (Å²) < 4.78 is 13.1. The zero-order valence-corrected chi connectivity index (χ0v) is 11.9. The molecular weight excluding hydrogens is 225 g/mol. The van der Waals surface area contributed by atoms with Gasteiger partial charge in [0.1, 0.15) is 5.82 Å². The Kier molecular flexibility index (Phi) is 6.96. The second-order valence-electron chi connectivity index (χ2n) is 5.13. The van der Waals surface area contributed by atoms with E-state index in [1.54, 1.807) is 12.1 Å². The molecule has 0 heterocycles. The van der Waals surface area contributed by atoms with E-state index in [-0.39, 0.29) is 5.82 Å². The largest absolute Gasteiger partial charge is 0.316 e. The van der Waals surface area contributed by atoms with Crippen molar-refractivity contribution in [1.82, 2.24) is 5.32 Å². The van der Waals surface area contributed by atoms with Gasteiger partial charge in [-0.3, -0.25) is 0 Å². The summed E-state index contributed by atoms with van der Waals surface area (Å²) in [5, 5.41) is 3.50. The van der Waals surface area contributed by atoms with Crippen molar-refractivity contribution in [3.8, 4) is 0 Å². The highest BCUT2D eigenvalue weighted by Crippen LogP contribution is 2.18. The molecule has 0 spiro atoms. The van der Waals surface area contributed by atoms with Gasteiger partial charge in [-0.15, -0.1) is 0 Å². The Hall–Kier alpha value is -0.890. The molecule has 102 valence electrons. The SMILES string of the molecule is CCCNCC(CCC)Cc1ccc(F)cc1C. The molecule has 0 bridgehead atoms. The van der Waals surface area contributed by atoms with Gasteiger partial charge in [-0.1, -0.05) is 26.3 Å². The van der Waals surface area contributed by atoms with Crippen molar-refractivity contribution in [2.75, 3.05) is 13.1 Å². The Morgan fingerprint density at radius 2 is 2.00 bits per heavy atom. The zero-order chi connectivity index (χ0) is 13.4. The Labute approximate surface area is 111 Å². The molecule has 0 saturated heterocycles. The maximum atomic E-state index is 13.1. The minimum absolute atomic E-state index is 0.132. The first kappa shape index (κ1) is 15.2. The Morgan fingerprint density at radius 1 is 1.22 bits per heavy atom. The number of benzene rings is 1. The molecule has 0 fully saturated rings. The minimum Gasteiger partial charge on any atom is -0.316 e. The second-order valence-corrected chi connectivity index (χ2v) is 5.13. The summed E-state index contributed by atoms with van der Waals surface area (Å²) >= 11 is 0. The fraction of sp³-hybridized carbons (Fsp3) is 0.625. The molecule has 1 nitrogen and oxygen atoms in total. The van der Waals surface area contributed by atoms with E-state index in [2.05, 4.69) is 19.2 Å². The van der Waals surface area contributed by atoms with Gasteiger partial charge in [-0.2, -0.15) is 0 Å². The normalized spacial score (nSPS) is 12.7. The van der Waals surface area contributed by atoms with Gasteiger partial charge in [0, 0.05) is 0 Å². The van der Waals surface area contributed by atoms with Crippen molar-refractivity contribution < 1.29 is 4.39 Å². The van der Waals surface area contributed by atoms with Gasteiger partial charge in [0.2, 0.25) is 0 Å². The summed E-state index contributed by atoms with van der Waals surface area (Å²) in [6, 6.07) is 5.15. The predicted molar refractivity (Wildman–Crippen MR) is 76.4 cm³/mol. The number of rotatable bonds is 8. The van der Waals surface area contributed by atoms with Gasteiger partial charge in [0.25, 0.3) is 0 Å². The summed E-state index contributed by atoms with van der Waals surface area (Å²) in [7, 11) is 0. The van der Waals surface area contributed by atoms with Crippen molar-refractivity contribution in [3.05, 3.63) is 35.1 Å². The minimum atomic E-state index is -0.132. The van der Waals surface area contributed by atoms with E-state index < -0.39 is 0 Å². The van der Waals surface area contributed by atoms with Crippen LogP contribution >= 0.6 is 0 Å². The molecule has 1 aromatic rings. The summed E-state index contributed by atoms with van der Waals surface area (Å²) in [5.41, 5.74) is 2.36. The van der Waals surface area contributed by atoms with Crippen LogP contribution in [0.1, 0.15) is 44.2 Å². The van der Waals surface area contributed by atoms with Gasteiger partial charge in [-0.25, -0.2) is 4.39 Å². The summed E-state index contributed by atoms with van der Waals surface area (Å²) in [6.07, 6.45) is 4.66. The predicted octanol–water partition coefficient (Wildman–Crippen LogP) is 4.09. The molecule has 1 aromatic carbocycles. The Balaban J connectivity index is 2.58. The lowest BCUT2D eigenvalue weighted by molar-refractivity contribution is 0.438. The van der Waals surface area contributed by atoms with Crippen LogP contribution in [0.15, 0.2) is 18.2 Å². The van der Waals surface area contributed by atoms with Crippen LogP contribution in [-0.2, 0) is 6.42 Å². The molecule has 2 heteroatoms. The summed E-state index contributed by atoms with van der Waals surface area (Å²) in [5.74, 6) is 0.526. The topological polar surface area (TPSA) is 12.0 Å². The lowest BCUT2D eigenvalue weighted by atomic mass is 9.92. The molecule has 1 rings (SSSR count). The highest BCUT2D eigenvalue weighted by Gasteiger charge is 2.10. The number of aryl methyl sites for hydroxylation is 1. The second kappa shape index (κ2) is 8.25. The third-order valence-corrected chi connectivity index (χ3v) is 3.37. The van der Waals surface area contributed by atoms with E-state index in [9.17, 15) is 4.39 Å². The average molecular weight is 251 g/mol. The standard InChI is InChI=1S/C16H26FN/c1-4-6-14(12-18-9-5-2)11-15-7-8-16(17)10-13(15)3/h7-8,10,14,18H,4-6,9,11-12H2,1-3H3. The van der Waals surface area contributed by atoms with Crippen LogP contribution in [0, 0.1) is 18.7 Å². The van der Waals surface area contributed by atoms with Crippen LogP contribution < -0.4 is 5.32 Å². The Bertz CT molecular complexity index is 349. The first-order valence-electron chi connectivity index (χ1n) is 7.13. The van der Waals surface area contributed by atoms with Crippen LogP contribution in [-0.4, -0.2) is 13.1 Å². The van der Waals surface area contributed by atoms with Crippen LogP contribution in [0.5, 0.6) is 0 Å². The molecule has 0 aliphatic heterocycles. The molecule has 0 saturated carbocycles. The van der Waals surface area contributed by atoms with Crippen molar-refractivity contribution >= 4 is 0 Å². The monoisotopic (exact) mass is 251 g/mol. The molecule has 0 radical (unpaired) electrons. The smallest absolute Gasteiger partial charge is 0.123 e. The molecule has 18 heavy (non-hydrogen) atoms. The maximum absolute atomic E-state index is 13.1. The molecule has 0 amide bonds.